The molecule has 0 aliphatic carbocycles. The van der Waals surface area contributed by atoms with Gasteiger partial charge in [0.1, 0.15) is 11.5 Å². The van der Waals surface area contributed by atoms with Crippen molar-refractivity contribution >= 4 is 22.4 Å². The van der Waals surface area contributed by atoms with Gasteiger partial charge in [0.2, 0.25) is 0 Å². The van der Waals surface area contributed by atoms with Gasteiger partial charge in [0.25, 0.3) is 0 Å². The monoisotopic (exact) mass is 460 g/mol. The lowest BCUT2D eigenvalue weighted by molar-refractivity contribution is 0.281. The summed E-state index contributed by atoms with van der Waals surface area (Å²) in [5, 5.41) is 4.26. The fourth-order valence-corrected chi connectivity index (χ4v) is 3.73. The maximum atomic E-state index is 5.54. The van der Waals surface area contributed by atoms with Crippen molar-refractivity contribution in [1.29, 1.82) is 0 Å². The summed E-state index contributed by atoms with van der Waals surface area (Å²) < 4.78 is 12.8. The van der Waals surface area contributed by atoms with Crippen molar-refractivity contribution in [2.75, 3.05) is 39.3 Å². The highest BCUT2D eigenvalue weighted by Crippen LogP contribution is 2.34. The molecule has 34 heavy (non-hydrogen) atoms. The van der Waals surface area contributed by atoms with Crippen LogP contribution in [0.15, 0.2) is 55.0 Å². The summed E-state index contributed by atoms with van der Waals surface area (Å²) in [6.07, 6.45) is 5.54. The Morgan fingerprint density at radius 2 is 1.65 bits per heavy atom. The van der Waals surface area contributed by atoms with Gasteiger partial charge >= 0.3 is 0 Å². The summed E-state index contributed by atoms with van der Waals surface area (Å²) in [6.45, 7) is 6.07. The number of hydrogen-bond donors (Lipinski definition) is 0. The summed E-state index contributed by atoms with van der Waals surface area (Å²) in [4.78, 5) is 14.1. The number of aromatic nitrogens is 4. The van der Waals surface area contributed by atoms with Gasteiger partial charge in [-0.25, -0.2) is 4.98 Å². The molecule has 0 saturated heterocycles. The molecule has 8 heteroatoms. The van der Waals surface area contributed by atoms with Crippen molar-refractivity contribution in [3.63, 3.8) is 0 Å². The van der Waals surface area contributed by atoms with Crippen LogP contribution in [-0.2, 0) is 7.05 Å². The molecule has 0 atom stereocenters. The molecule has 0 bridgehead atoms. The third-order valence-corrected chi connectivity index (χ3v) is 6.04. The minimum atomic E-state index is 0.450. The van der Waals surface area contributed by atoms with Gasteiger partial charge in [-0.2, -0.15) is 5.10 Å². The van der Waals surface area contributed by atoms with Crippen LogP contribution >= 0.6 is 0 Å². The highest BCUT2D eigenvalue weighted by Gasteiger charge is 2.16. The highest BCUT2D eigenvalue weighted by atomic mass is 16.5. The number of hydrogen-bond acceptors (Lipinski definition) is 7. The first-order valence-electron chi connectivity index (χ1n) is 11.3. The van der Waals surface area contributed by atoms with Crippen LogP contribution in [0.5, 0.6) is 11.5 Å². The Morgan fingerprint density at radius 3 is 2.26 bits per heavy atom. The van der Waals surface area contributed by atoms with E-state index < -0.39 is 0 Å². The molecule has 2 aromatic heterocycles. The number of methoxy groups -OCH3 is 2. The van der Waals surface area contributed by atoms with Crippen molar-refractivity contribution < 1.29 is 9.47 Å². The average Bonchev–Trinajstić information content (AvgIpc) is 3.29. The number of nitrogens with zero attached hydrogens (tertiary/aromatic N) is 6. The quantitative estimate of drug-likeness (QED) is 0.364. The van der Waals surface area contributed by atoms with Gasteiger partial charge in [0.05, 0.1) is 43.3 Å². The molecule has 178 valence electrons. The summed E-state index contributed by atoms with van der Waals surface area (Å²) in [5.41, 5.74) is 5.43. The Hall–Kier alpha value is -3.65. The Balaban J connectivity index is 1.77. The first-order valence-corrected chi connectivity index (χ1v) is 11.3. The summed E-state index contributed by atoms with van der Waals surface area (Å²) in [5.74, 6) is 1.49. The number of likely N-dealkylation sites (N-methyl/N-ethyl adjacent to an activating group) is 1. The molecule has 0 unspecified atom stereocenters. The molecule has 8 nitrogen and oxygen atoms in total. The summed E-state index contributed by atoms with van der Waals surface area (Å²) in [7, 11) is 7.37. The van der Waals surface area contributed by atoms with Crippen LogP contribution in [0.1, 0.15) is 13.8 Å². The lowest BCUT2D eigenvalue weighted by Gasteiger charge is -2.29. The van der Waals surface area contributed by atoms with E-state index in [4.69, 9.17) is 14.5 Å². The van der Waals surface area contributed by atoms with Gasteiger partial charge in [0.15, 0.2) is 0 Å². The van der Waals surface area contributed by atoms with Crippen LogP contribution in [0.3, 0.4) is 0 Å². The minimum Gasteiger partial charge on any atom is -0.497 e. The molecule has 0 amide bonds. The lowest BCUT2D eigenvalue weighted by Crippen LogP contribution is -2.34. The highest BCUT2D eigenvalue weighted by molar-refractivity contribution is 5.82. The second-order valence-electron chi connectivity index (χ2n) is 8.63. The van der Waals surface area contributed by atoms with Crippen molar-refractivity contribution in [1.82, 2.24) is 24.6 Å². The van der Waals surface area contributed by atoms with Gasteiger partial charge in [-0.15, -0.1) is 0 Å². The normalized spacial score (nSPS) is 11.4. The van der Waals surface area contributed by atoms with Crippen LogP contribution in [0.2, 0.25) is 0 Å². The molecular weight excluding hydrogens is 428 g/mol. The molecule has 0 fully saturated rings. The fourth-order valence-electron chi connectivity index (χ4n) is 3.73. The SMILES string of the molecule is COc1cc(OC)cc(N(CCN(C)C(C)C)c2ccc3ncc(-c4cnn(C)c4)nc3c2)c1. The summed E-state index contributed by atoms with van der Waals surface area (Å²) >= 11 is 0. The molecule has 0 aliphatic heterocycles. The van der Waals surface area contributed by atoms with Crippen LogP contribution in [0.25, 0.3) is 22.3 Å². The Bertz CT molecular complexity index is 1250. The number of fused-ring (bicyclic) bond motifs is 1. The molecule has 2 heterocycles. The molecule has 4 rings (SSSR count). The first-order chi connectivity index (χ1) is 16.4. The van der Waals surface area contributed by atoms with E-state index in [1.807, 2.05) is 37.5 Å². The Kier molecular flexibility index (Phi) is 6.98. The van der Waals surface area contributed by atoms with Crippen molar-refractivity contribution in [2.45, 2.75) is 19.9 Å². The second kappa shape index (κ2) is 10.1. The maximum absolute atomic E-state index is 5.54. The zero-order valence-corrected chi connectivity index (χ0v) is 20.7. The summed E-state index contributed by atoms with van der Waals surface area (Å²) in [6, 6.07) is 12.6. The minimum absolute atomic E-state index is 0.450. The van der Waals surface area contributed by atoms with Crippen molar-refractivity contribution in [3.05, 3.63) is 55.0 Å². The molecule has 4 aromatic rings. The van der Waals surface area contributed by atoms with E-state index in [0.29, 0.717) is 6.04 Å². The van der Waals surface area contributed by atoms with E-state index in [-0.39, 0.29) is 0 Å². The molecular formula is C26H32N6O2. The zero-order valence-electron chi connectivity index (χ0n) is 20.7. The molecule has 0 saturated carbocycles. The van der Waals surface area contributed by atoms with Crippen LogP contribution in [0, 0.1) is 0 Å². The van der Waals surface area contributed by atoms with Crippen molar-refractivity contribution in [2.24, 2.45) is 7.05 Å². The lowest BCUT2D eigenvalue weighted by atomic mass is 10.2. The molecule has 0 N–H and O–H groups in total. The Morgan fingerprint density at radius 1 is 0.912 bits per heavy atom. The van der Waals surface area contributed by atoms with Gasteiger partial charge in [-0.1, -0.05) is 0 Å². The number of benzene rings is 2. The predicted octanol–water partition coefficient (Wildman–Crippen LogP) is 4.53. The van der Waals surface area contributed by atoms with Gasteiger partial charge in [-0.05, 0) is 39.1 Å². The molecule has 2 aromatic carbocycles. The molecule has 0 aliphatic rings. The molecule has 0 spiro atoms. The smallest absolute Gasteiger partial charge is 0.124 e. The maximum Gasteiger partial charge on any atom is 0.124 e. The predicted molar refractivity (Wildman–Crippen MR) is 136 cm³/mol. The van der Waals surface area contributed by atoms with E-state index in [9.17, 15) is 0 Å². The third-order valence-electron chi connectivity index (χ3n) is 6.04. The fraction of sp³-hybridized carbons (Fsp3) is 0.346. The van der Waals surface area contributed by atoms with Crippen LogP contribution in [-0.4, -0.2) is 65.0 Å². The van der Waals surface area contributed by atoms with Crippen LogP contribution < -0.4 is 14.4 Å². The second-order valence-corrected chi connectivity index (χ2v) is 8.63. The van der Waals surface area contributed by atoms with Crippen LogP contribution in [0.4, 0.5) is 11.4 Å². The number of anilines is 2. The van der Waals surface area contributed by atoms with E-state index in [1.54, 1.807) is 31.3 Å². The van der Waals surface area contributed by atoms with Crippen molar-refractivity contribution in [3.8, 4) is 22.8 Å². The number of ether oxygens (including phenoxy) is 2. The third kappa shape index (κ3) is 5.12. The first kappa shape index (κ1) is 23.5. The largest absolute Gasteiger partial charge is 0.497 e. The Labute approximate surface area is 200 Å². The van der Waals surface area contributed by atoms with E-state index in [0.717, 1.165) is 58.3 Å². The van der Waals surface area contributed by atoms with E-state index in [1.165, 1.54) is 0 Å². The molecule has 0 radical (unpaired) electrons. The topological polar surface area (TPSA) is 68.5 Å². The average molecular weight is 461 g/mol. The van der Waals surface area contributed by atoms with E-state index in [2.05, 4.69) is 52.9 Å². The van der Waals surface area contributed by atoms with Gasteiger partial charge in [-0.3, -0.25) is 9.67 Å². The van der Waals surface area contributed by atoms with Gasteiger partial charge in [0, 0.05) is 67.5 Å². The standard InChI is InChI=1S/C26H32N6O2/c1-18(2)30(3)9-10-32(21-11-22(33-5)14-23(12-21)34-6)20-7-8-24-25(13-20)29-26(16-27-24)19-15-28-31(4)17-19/h7-8,11-18H,9-10H2,1-6H3. The zero-order chi connectivity index (χ0) is 24.2. The number of rotatable bonds is 9. The number of aryl methyl sites for hydroxylation is 1. The van der Waals surface area contributed by atoms with Gasteiger partial charge < -0.3 is 19.3 Å². The van der Waals surface area contributed by atoms with E-state index >= 15 is 0 Å².